The van der Waals surface area contributed by atoms with Crippen molar-refractivity contribution in [3.8, 4) is 0 Å². The summed E-state index contributed by atoms with van der Waals surface area (Å²) in [6.45, 7) is 6.06. The Kier molecular flexibility index (Phi) is 4.38. The molecule has 0 amide bonds. The van der Waals surface area contributed by atoms with E-state index in [1.54, 1.807) is 0 Å². The molecule has 1 aliphatic heterocycles. The summed E-state index contributed by atoms with van der Waals surface area (Å²) in [6.07, 6.45) is 1.30. The van der Waals surface area contributed by atoms with E-state index in [4.69, 9.17) is 4.84 Å². The normalized spacial score (nSPS) is 23.1. The van der Waals surface area contributed by atoms with Crippen molar-refractivity contribution in [3.05, 3.63) is 5.21 Å². The number of hydrogen-bond donors (Lipinski definition) is 1. The summed E-state index contributed by atoms with van der Waals surface area (Å²) in [5, 5.41) is 14.6. The summed E-state index contributed by atoms with van der Waals surface area (Å²) in [7, 11) is -3.20. The van der Waals surface area contributed by atoms with Crippen molar-refractivity contribution in [2.75, 3.05) is 19.3 Å². The van der Waals surface area contributed by atoms with E-state index in [1.165, 1.54) is 4.31 Å². The molecule has 1 fully saturated rings. The molecule has 0 aromatic rings. The number of nitrogens with one attached hydrogen (secondary N) is 1. The molecule has 1 atom stereocenters. The van der Waals surface area contributed by atoms with Crippen LogP contribution in [0.4, 0.5) is 0 Å². The Labute approximate surface area is 107 Å². The summed E-state index contributed by atoms with van der Waals surface area (Å²) in [5.74, 6) is 0. The van der Waals surface area contributed by atoms with Crippen LogP contribution in [0.1, 0.15) is 27.2 Å². The second-order valence-electron chi connectivity index (χ2n) is 5.35. The van der Waals surface area contributed by atoms with Crippen LogP contribution >= 0.6 is 0 Å². The lowest BCUT2D eigenvalue weighted by Gasteiger charge is -2.16. The van der Waals surface area contributed by atoms with Crippen molar-refractivity contribution in [2.45, 2.75) is 38.8 Å². The van der Waals surface area contributed by atoms with Gasteiger partial charge < -0.3 is 10.0 Å². The molecule has 18 heavy (non-hydrogen) atoms. The van der Waals surface area contributed by atoms with E-state index < -0.39 is 15.6 Å². The monoisotopic (exact) mass is 280 g/mol. The number of hydrazine groups is 1. The molecule has 0 aromatic heterocycles. The summed E-state index contributed by atoms with van der Waals surface area (Å²) in [6, 6.07) is 0. The zero-order valence-corrected chi connectivity index (χ0v) is 11.9. The van der Waals surface area contributed by atoms with Crippen molar-refractivity contribution in [2.24, 2.45) is 5.28 Å². The zero-order chi connectivity index (χ0) is 14.0. The van der Waals surface area contributed by atoms with Gasteiger partial charge in [0, 0.05) is 13.0 Å². The Hall–Kier alpha value is -1.09. The average Bonchev–Trinajstić information content (AvgIpc) is 2.59. The van der Waals surface area contributed by atoms with E-state index in [1.807, 2.05) is 20.8 Å². The average molecular weight is 280 g/mol. The van der Waals surface area contributed by atoms with Gasteiger partial charge >= 0.3 is 0 Å². The van der Waals surface area contributed by atoms with E-state index in [0.29, 0.717) is 13.0 Å². The van der Waals surface area contributed by atoms with Crippen LogP contribution in [0.25, 0.3) is 0 Å². The maximum absolute atomic E-state index is 11.3. The van der Waals surface area contributed by atoms with Gasteiger partial charge in [-0.2, -0.15) is 9.73 Å². The van der Waals surface area contributed by atoms with E-state index in [9.17, 15) is 13.6 Å². The molecule has 0 bridgehead atoms. The first-order chi connectivity index (χ1) is 8.08. The fraction of sp³-hybridized carbons (Fsp3) is 1.00. The molecule has 0 radical (unpaired) electrons. The fourth-order valence-electron chi connectivity index (χ4n) is 1.50. The molecule has 0 aromatic carbocycles. The second-order valence-corrected chi connectivity index (χ2v) is 7.34. The molecule has 0 spiro atoms. The van der Waals surface area contributed by atoms with Crippen LogP contribution in [-0.4, -0.2) is 48.7 Å². The van der Waals surface area contributed by atoms with E-state index in [-0.39, 0.29) is 17.6 Å². The van der Waals surface area contributed by atoms with Crippen LogP contribution in [0.3, 0.4) is 0 Å². The van der Waals surface area contributed by atoms with Crippen LogP contribution in [0.5, 0.6) is 0 Å². The van der Waals surface area contributed by atoms with Crippen molar-refractivity contribution in [1.29, 1.82) is 0 Å². The third-order valence-corrected chi connectivity index (χ3v) is 3.55. The lowest BCUT2D eigenvalue weighted by atomic mass is 10.1. The van der Waals surface area contributed by atoms with Crippen molar-refractivity contribution in [1.82, 2.24) is 9.73 Å². The third-order valence-electron chi connectivity index (χ3n) is 2.28. The van der Waals surface area contributed by atoms with Crippen molar-refractivity contribution < 1.29 is 18.2 Å². The highest BCUT2D eigenvalue weighted by Gasteiger charge is 2.30. The Balaban J connectivity index is 2.45. The lowest BCUT2D eigenvalue weighted by Crippen LogP contribution is -2.40. The first-order valence-electron chi connectivity index (χ1n) is 5.65. The number of sulfonamides is 1. The number of hydrogen-bond acceptors (Lipinski definition) is 5. The Morgan fingerprint density at radius 2 is 2.11 bits per heavy atom. The van der Waals surface area contributed by atoms with Crippen LogP contribution in [0.15, 0.2) is 5.28 Å². The van der Waals surface area contributed by atoms with Crippen LogP contribution in [0.2, 0.25) is 0 Å². The molecule has 1 saturated heterocycles. The zero-order valence-electron chi connectivity index (χ0n) is 11.1. The molecule has 0 saturated carbocycles. The molecule has 8 nitrogen and oxygen atoms in total. The van der Waals surface area contributed by atoms with E-state index >= 15 is 0 Å². The van der Waals surface area contributed by atoms with Gasteiger partial charge in [-0.15, -0.1) is 0 Å². The van der Waals surface area contributed by atoms with E-state index in [2.05, 4.69) is 10.7 Å². The minimum absolute atomic E-state index is 0.228. The molecular formula is C9H20N4O4S. The standard InChI is InChI=1S/C9H20N4O4S/c1-9(2,3)10-13(14)11-17-8-5-6-12(7-8)18(4,15)16/h8H,5-7H2,1-4H3,(H,10,11)/t8-/m1/s1. The van der Waals surface area contributed by atoms with Gasteiger partial charge in [0.25, 0.3) is 0 Å². The quantitative estimate of drug-likeness (QED) is 0.451. The molecule has 1 heterocycles. The molecular weight excluding hydrogens is 260 g/mol. The van der Waals surface area contributed by atoms with Crippen LogP contribution in [0, 0.1) is 5.21 Å². The van der Waals surface area contributed by atoms with Gasteiger partial charge in [-0.05, 0) is 20.8 Å². The molecule has 0 unspecified atom stereocenters. The smallest absolute Gasteiger partial charge is 0.233 e. The fourth-order valence-corrected chi connectivity index (χ4v) is 2.38. The molecule has 106 valence electrons. The largest absolute Gasteiger partial charge is 0.569 e. The number of nitrogens with zero attached hydrogens (tertiary/aromatic N) is 3. The predicted molar refractivity (Wildman–Crippen MR) is 64.9 cm³/mol. The SMILES string of the molecule is CC(C)(C)N/[N+]([O-])=N/O[C@@H]1CCN(S(C)(=O)=O)C1. The highest BCUT2D eigenvalue weighted by molar-refractivity contribution is 7.88. The first-order valence-corrected chi connectivity index (χ1v) is 7.50. The molecule has 1 rings (SSSR count). The van der Waals surface area contributed by atoms with Crippen molar-refractivity contribution in [3.63, 3.8) is 0 Å². The molecule has 0 aliphatic carbocycles. The topological polar surface area (TPSA) is 97.1 Å². The summed E-state index contributed by atoms with van der Waals surface area (Å²) in [5.41, 5.74) is 2.13. The Morgan fingerprint density at radius 1 is 1.50 bits per heavy atom. The highest BCUT2D eigenvalue weighted by atomic mass is 32.2. The maximum Gasteiger partial charge on any atom is 0.233 e. The summed E-state index contributed by atoms with van der Waals surface area (Å²) < 4.78 is 23.8. The van der Waals surface area contributed by atoms with Gasteiger partial charge in [-0.3, -0.25) is 0 Å². The second kappa shape index (κ2) is 5.27. The van der Waals surface area contributed by atoms with Gasteiger partial charge in [-0.25, -0.2) is 8.42 Å². The predicted octanol–water partition coefficient (Wildman–Crippen LogP) is 0.218. The minimum Gasteiger partial charge on any atom is -0.569 e. The van der Waals surface area contributed by atoms with Gasteiger partial charge in [-0.1, -0.05) is 0 Å². The van der Waals surface area contributed by atoms with Gasteiger partial charge in [0.2, 0.25) is 15.3 Å². The van der Waals surface area contributed by atoms with Gasteiger partial charge in [0.1, 0.15) is 6.10 Å². The molecule has 1 aliphatic rings. The van der Waals surface area contributed by atoms with E-state index in [0.717, 1.165) is 6.26 Å². The third kappa shape index (κ3) is 5.05. The van der Waals surface area contributed by atoms with Crippen LogP contribution in [-0.2, 0) is 14.9 Å². The van der Waals surface area contributed by atoms with Crippen LogP contribution < -0.4 is 5.43 Å². The summed E-state index contributed by atoms with van der Waals surface area (Å²) in [4.78, 5) is 5.26. The molecule has 1 N–H and O–H groups in total. The Bertz CT molecular complexity index is 415. The minimum atomic E-state index is -3.20. The number of rotatable bonds is 4. The maximum atomic E-state index is 11.3. The van der Waals surface area contributed by atoms with Gasteiger partial charge in [0.05, 0.1) is 23.3 Å². The Morgan fingerprint density at radius 3 is 2.56 bits per heavy atom. The van der Waals surface area contributed by atoms with Crippen molar-refractivity contribution >= 4 is 10.0 Å². The molecule has 9 heteroatoms. The summed E-state index contributed by atoms with van der Waals surface area (Å²) >= 11 is 0. The highest BCUT2D eigenvalue weighted by Crippen LogP contribution is 2.15. The lowest BCUT2D eigenvalue weighted by molar-refractivity contribution is -0.626. The first kappa shape index (κ1) is 15.0. The van der Waals surface area contributed by atoms with Gasteiger partial charge in [0.15, 0.2) is 0 Å².